The first kappa shape index (κ1) is 34.0. The van der Waals surface area contributed by atoms with Crippen LogP contribution in [-0.4, -0.2) is 24.9 Å². The van der Waals surface area contributed by atoms with Crippen LogP contribution in [-0.2, 0) is 0 Å². The summed E-state index contributed by atoms with van der Waals surface area (Å²) in [5.41, 5.74) is 1.56. The summed E-state index contributed by atoms with van der Waals surface area (Å²) in [6, 6.07) is 14.0. The fourth-order valence-corrected chi connectivity index (χ4v) is 28.4. The third-order valence-corrected chi connectivity index (χ3v) is 27.8. The highest BCUT2D eigenvalue weighted by Gasteiger charge is 2.48. The van der Waals surface area contributed by atoms with Crippen molar-refractivity contribution in [1.29, 1.82) is 0 Å². The Morgan fingerprint density at radius 2 is 1.04 bits per heavy atom. The van der Waals surface area contributed by atoms with Gasteiger partial charge in [0, 0.05) is 39.0 Å². The lowest BCUT2D eigenvalue weighted by Crippen LogP contribution is -2.54. The molecule has 0 radical (unpaired) electrons. The minimum Gasteiger partial charge on any atom is -0.203 e. The van der Waals surface area contributed by atoms with Gasteiger partial charge in [-0.15, -0.1) is 45.3 Å². The summed E-state index contributed by atoms with van der Waals surface area (Å²) in [5.74, 6) is -1.58. The number of halogens is 2. The normalized spacial score (nSPS) is 15.4. The van der Waals surface area contributed by atoms with Crippen LogP contribution >= 0.6 is 57.1 Å². The molecule has 2 aliphatic heterocycles. The van der Waals surface area contributed by atoms with Gasteiger partial charge in [-0.05, 0) is 89.1 Å². The van der Waals surface area contributed by atoms with Gasteiger partial charge in [0.25, 0.3) is 0 Å². The minimum absolute atomic E-state index is 0.285. The lowest BCUT2D eigenvalue weighted by Gasteiger charge is -2.28. The molecule has 0 fully saturated rings. The van der Waals surface area contributed by atoms with Gasteiger partial charge in [0.15, 0.2) is 11.6 Å². The predicted octanol–water partition coefficient (Wildman–Crippen LogP) is 11.6. The average molecular weight is 779 g/mol. The molecule has 254 valence electrons. The van der Waals surface area contributed by atoms with Gasteiger partial charge in [-0.3, -0.25) is 0 Å². The minimum atomic E-state index is -2.05. The number of rotatable bonds is 11. The first-order valence-corrected chi connectivity index (χ1v) is 26.4. The summed E-state index contributed by atoms with van der Waals surface area (Å²) in [4.78, 5) is 9.45. The van der Waals surface area contributed by atoms with E-state index in [1.54, 1.807) is 33.0 Å². The van der Waals surface area contributed by atoms with E-state index in [-0.39, 0.29) is 11.1 Å². The van der Waals surface area contributed by atoms with Crippen molar-refractivity contribution in [2.45, 2.75) is 91.4 Å². The second-order valence-electron chi connectivity index (χ2n) is 13.7. The van der Waals surface area contributed by atoms with E-state index in [2.05, 4.69) is 86.7 Å². The fourth-order valence-electron chi connectivity index (χ4n) is 9.01. The lowest BCUT2D eigenvalue weighted by atomic mass is 10.0. The first-order valence-electron chi connectivity index (χ1n) is 17.6. The molecule has 5 aromatic heterocycles. The molecule has 49 heavy (non-hydrogen) atoms. The topological polar surface area (TPSA) is 25.8 Å². The lowest BCUT2D eigenvalue weighted by molar-refractivity contribution is 0.516. The molecule has 2 nitrogen and oxygen atoms in total. The molecular weight excluding hydrogens is 739 g/mol. The van der Waals surface area contributed by atoms with Crippen molar-refractivity contribution in [3.8, 4) is 40.4 Å². The van der Waals surface area contributed by atoms with Crippen molar-refractivity contribution in [1.82, 2.24) is 8.75 Å². The number of hydrogen-bond acceptors (Lipinski definition) is 7. The van der Waals surface area contributed by atoms with E-state index in [0.717, 1.165) is 47.2 Å². The van der Waals surface area contributed by atoms with Crippen molar-refractivity contribution in [2.75, 3.05) is 0 Å². The molecule has 6 aromatic rings. The van der Waals surface area contributed by atoms with Crippen LogP contribution in [0, 0.1) is 18.6 Å². The Labute approximate surface area is 309 Å². The molecule has 7 heterocycles. The van der Waals surface area contributed by atoms with E-state index < -0.39 is 27.8 Å². The summed E-state index contributed by atoms with van der Waals surface area (Å²) >= 11 is 8.04. The van der Waals surface area contributed by atoms with Gasteiger partial charge in [0.1, 0.15) is 27.2 Å². The third-order valence-electron chi connectivity index (χ3n) is 10.7. The molecule has 0 unspecified atom stereocenters. The van der Waals surface area contributed by atoms with E-state index in [4.69, 9.17) is 0 Å². The van der Waals surface area contributed by atoms with Crippen molar-refractivity contribution in [3.63, 3.8) is 0 Å². The van der Waals surface area contributed by atoms with E-state index in [1.807, 2.05) is 22.7 Å². The molecule has 1 aromatic carbocycles. The summed E-state index contributed by atoms with van der Waals surface area (Å²) in [5, 5.41) is 5.95. The van der Waals surface area contributed by atoms with Gasteiger partial charge in [-0.25, -0.2) is 8.78 Å². The highest BCUT2D eigenvalue weighted by atomic mass is 32.1. The monoisotopic (exact) mass is 778 g/mol. The second kappa shape index (κ2) is 12.8. The maximum Gasteiger partial charge on any atom is 0.170 e. The van der Waals surface area contributed by atoms with Crippen LogP contribution in [0.25, 0.3) is 57.5 Å². The van der Waals surface area contributed by atoms with Crippen LogP contribution < -0.4 is 20.7 Å². The van der Waals surface area contributed by atoms with Gasteiger partial charge in [0.05, 0.1) is 22.9 Å². The quantitative estimate of drug-likeness (QED) is 0.122. The molecule has 0 saturated heterocycles. The van der Waals surface area contributed by atoms with Crippen LogP contribution in [0.15, 0.2) is 30.3 Å². The molecule has 0 spiro atoms. The maximum atomic E-state index is 16.8. The zero-order valence-corrected chi connectivity index (χ0v) is 34.9. The molecule has 11 heteroatoms. The number of fused-ring (bicyclic) bond motifs is 7. The van der Waals surface area contributed by atoms with Crippen LogP contribution in [0.1, 0.15) is 70.1 Å². The fraction of sp³-hybridized carbons (Fsp3) is 0.368. The Kier molecular flexibility index (Phi) is 8.89. The van der Waals surface area contributed by atoms with Crippen molar-refractivity contribution < 1.29 is 8.78 Å². The van der Waals surface area contributed by atoms with Crippen LogP contribution in [0.3, 0.4) is 0 Å². The van der Waals surface area contributed by atoms with Crippen LogP contribution in [0.5, 0.6) is 0 Å². The number of hydrogen-bond donors (Lipinski definition) is 0. The van der Waals surface area contributed by atoms with Gasteiger partial charge in [0.2, 0.25) is 0 Å². The SMILES string of the molecule is C/C=C/c1cc2c(s1)-c1sc(-c3c(F)c(F)c(-c4cc5c(s4)-c4sc(C)cc4[Si]5(CCC)CCC)c4nsnc34)cc1[Si]2(CCC)CCC. The van der Waals surface area contributed by atoms with Gasteiger partial charge < -0.3 is 0 Å². The number of aromatic nitrogens is 2. The molecule has 0 amide bonds. The van der Waals surface area contributed by atoms with Gasteiger partial charge in [-0.1, -0.05) is 59.5 Å². The highest BCUT2D eigenvalue weighted by molar-refractivity contribution is 7.31. The standard InChI is InChI=1S/C38H40F2N2S5Si2/c1-7-12-22-18-26-36(44-22)38-28(49(26,15-10-4)16-11-5)20-24(46-38)30-32(40)31(39)29(33-34(30)42-47-41-33)23-19-27-37(45-23)35-25(17-21(6)43-35)48(27,13-8-2)14-9-3/h7,12,17-20H,8-11,13-16H2,1-6H3/b12-7+. The second-order valence-corrected chi connectivity index (χ2v) is 27.2. The Morgan fingerprint density at radius 1 is 0.612 bits per heavy atom. The van der Waals surface area contributed by atoms with E-state index >= 15 is 8.78 Å². The van der Waals surface area contributed by atoms with Crippen LogP contribution in [0.2, 0.25) is 24.2 Å². The molecule has 0 atom stereocenters. The molecule has 0 N–H and O–H groups in total. The number of nitrogens with zero attached hydrogens (tertiary/aromatic N) is 2. The molecule has 8 rings (SSSR count). The molecule has 0 saturated carbocycles. The largest absolute Gasteiger partial charge is 0.203 e. The van der Waals surface area contributed by atoms with E-state index in [1.165, 1.54) is 63.8 Å². The smallest absolute Gasteiger partial charge is 0.170 e. The average Bonchev–Trinajstić information content (AvgIpc) is 3.92. The Hall–Kier alpha value is -2.13. The maximum absolute atomic E-state index is 16.8. The van der Waals surface area contributed by atoms with E-state index in [0.29, 0.717) is 11.0 Å². The number of benzene rings is 1. The summed E-state index contributed by atoms with van der Waals surface area (Å²) < 4.78 is 43.0. The first-order chi connectivity index (χ1) is 23.8. The zero-order chi connectivity index (χ0) is 34.2. The Morgan fingerprint density at radius 3 is 1.51 bits per heavy atom. The van der Waals surface area contributed by atoms with Crippen molar-refractivity contribution in [3.05, 3.63) is 51.7 Å². The Bertz CT molecular complexity index is 2260. The van der Waals surface area contributed by atoms with Crippen molar-refractivity contribution >= 4 is 111 Å². The summed E-state index contributed by atoms with van der Waals surface area (Å²) in [6.07, 6.45) is 8.78. The number of thiophene rings is 4. The molecular formula is C38H40F2N2S5Si2. The molecule has 0 bridgehead atoms. The van der Waals surface area contributed by atoms with Crippen LogP contribution in [0.4, 0.5) is 8.78 Å². The predicted molar refractivity (Wildman–Crippen MR) is 220 cm³/mol. The molecule has 2 aliphatic rings. The van der Waals surface area contributed by atoms with E-state index in [9.17, 15) is 0 Å². The Balaban J connectivity index is 1.31. The summed E-state index contributed by atoms with van der Waals surface area (Å²) in [6.45, 7) is 13.4. The van der Waals surface area contributed by atoms with Crippen molar-refractivity contribution in [2.24, 2.45) is 0 Å². The number of aryl methyl sites for hydroxylation is 1. The molecule has 0 aliphatic carbocycles. The summed E-state index contributed by atoms with van der Waals surface area (Å²) in [7, 11) is -4.05. The van der Waals surface area contributed by atoms with Gasteiger partial charge in [-0.2, -0.15) is 8.75 Å². The van der Waals surface area contributed by atoms with Gasteiger partial charge >= 0.3 is 0 Å². The highest BCUT2D eigenvalue weighted by Crippen LogP contribution is 2.50. The number of allylic oxidation sites excluding steroid dienone is 1. The third kappa shape index (κ3) is 4.85. The zero-order valence-electron chi connectivity index (χ0n) is 28.8.